The van der Waals surface area contributed by atoms with Crippen molar-refractivity contribution in [1.82, 2.24) is 19.7 Å². The second-order valence-electron chi connectivity index (χ2n) is 8.09. The summed E-state index contributed by atoms with van der Waals surface area (Å²) in [7, 11) is 1.54. The van der Waals surface area contributed by atoms with Crippen molar-refractivity contribution in [1.29, 1.82) is 0 Å². The smallest absolute Gasteiger partial charge is 0.282 e. The molecule has 2 aromatic heterocycles. The Bertz CT molecular complexity index is 876. The highest BCUT2D eigenvalue weighted by molar-refractivity contribution is 5.95. The standard InChI is InChI=1S/C21H26F2N4O3/c1-26-11-16(18(25-26)19(22)23)20(28)27-9-5-17-21(13-27,6-2-10-30-17)14-29-12-15-3-7-24-8-4-15/h3-4,7-8,11,17,19H,2,5-6,9-10,12-14H2,1H3/t17-,21+/m0/s1. The van der Waals surface area contributed by atoms with Crippen LogP contribution in [-0.4, -0.2) is 58.0 Å². The third-order valence-electron chi connectivity index (χ3n) is 5.98. The van der Waals surface area contributed by atoms with Crippen LogP contribution in [0.2, 0.25) is 0 Å². The minimum atomic E-state index is -2.79. The average molecular weight is 420 g/mol. The molecule has 0 bridgehead atoms. The maximum atomic E-state index is 13.3. The molecule has 7 nitrogen and oxygen atoms in total. The highest BCUT2D eigenvalue weighted by atomic mass is 19.3. The van der Waals surface area contributed by atoms with Gasteiger partial charge in [-0.2, -0.15) is 5.10 Å². The number of hydrogen-bond acceptors (Lipinski definition) is 5. The fraction of sp³-hybridized carbons (Fsp3) is 0.571. The number of rotatable bonds is 6. The molecule has 4 heterocycles. The van der Waals surface area contributed by atoms with Gasteiger partial charge in [0.1, 0.15) is 5.69 Å². The number of pyridine rings is 1. The number of ether oxygens (including phenoxy) is 2. The first kappa shape index (κ1) is 20.9. The lowest BCUT2D eigenvalue weighted by molar-refractivity contribution is -0.148. The van der Waals surface area contributed by atoms with Crippen LogP contribution < -0.4 is 0 Å². The summed E-state index contributed by atoms with van der Waals surface area (Å²) in [6.45, 7) is 2.47. The molecule has 0 N–H and O–H groups in total. The van der Waals surface area contributed by atoms with Gasteiger partial charge in [-0.15, -0.1) is 0 Å². The van der Waals surface area contributed by atoms with Gasteiger partial charge in [0.05, 0.1) is 24.9 Å². The van der Waals surface area contributed by atoms with Crippen LogP contribution in [-0.2, 0) is 23.1 Å². The lowest BCUT2D eigenvalue weighted by atomic mass is 9.73. The number of amides is 1. The predicted octanol–water partition coefficient (Wildman–Crippen LogP) is 2.98. The third-order valence-corrected chi connectivity index (χ3v) is 5.98. The largest absolute Gasteiger partial charge is 0.377 e. The third kappa shape index (κ3) is 4.22. The zero-order chi connectivity index (χ0) is 21.1. The number of piperidine rings is 1. The molecule has 2 saturated heterocycles. The van der Waals surface area contributed by atoms with Crippen LogP contribution in [0.15, 0.2) is 30.7 Å². The molecule has 0 spiro atoms. The Hall–Kier alpha value is -2.39. The molecule has 4 rings (SSSR count). The number of aromatic nitrogens is 3. The lowest BCUT2D eigenvalue weighted by Crippen LogP contribution is -2.58. The Balaban J connectivity index is 1.49. The van der Waals surface area contributed by atoms with E-state index >= 15 is 0 Å². The molecule has 2 atom stereocenters. The summed E-state index contributed by atoms with van der Waals surface area (Å²) >= 11 is 0. The number of carbonyl (C=O) groups excluding carboxylic acids is 1. The van der Waals surface area contributed by atoms with Crippen LogP contribution in [0.4, 0.5) is 8.78 Å². The number of likely N-dealkylation sites (tertiary alicyclic amines) is 1. The maximum Gasteiger partial charge on any atom is 0.282 e. The van der Waals surface area contributed by atoms with E-state index < -0.39 is 18.0 Å². The fourth-order valence-electron chi connectivity index (χ4n) is 4.53. The highest BCUT2D eigenvalue weighted by Crippen LogP contribution is 2.41. The second kappa shape index (κ2) is 8.77. The SMILES string of the molecule is Cn1cc(C(=O)N2CC[C@@H]3OCCC[C@]3(COCc3ccncc3)C2)c(C(F)F)n1. The molecule has 0 radical (unpaired) electrons. The van der Waals surface area contributed by atoms with Crippen molar-refractivity contribution in [2.24, 2.45) is 12.5 Å². The molecule has 2 fully saturated rings. The van der Waals surface area contributed by atoms with Crippen LogP contribution in [0, 0.1) is 5.41 Å². The van der Waals surface area contributed by atoms with Gasteiger partial charge in [-0.25, -0.2) is 8.78 Å². The molecule has 0 aliphatic carbocycles. The summed E-state index contributed by atoms with van der Waals surface area (Å²) in [5, 5.41) is 3.77. The topological polar surface area (TPSA) is 69.5 Å². The number of aryl methyl sites for hydroxylation is 1. The van der Waals surface area contributed by atoms with Crippen LogP contribution >= 0.6 is 0 Å². The Kier molecular flexibility index (Phi) is 6.10. The Morgan fingerprint density at radius 2 is 2.20 bits per heavy atom. The maximum absolute atomic E-state index is 13.3. The molecule has 0 unspecified atom stereocenters. The van der Waals surface area contributed by atoms with Gasteiger partial charge in [0, 0.05) is 50.7 Å². The van der Waals surface area contributed by atoms with Crippen LogP contribution in [0.1, 0.15) is 47.3 Å². The molecule has 2 aliphatic heterocycles. The highest BCUT2D eigenvalue weighted by Gasteiger charge is 2.47. The number of alkyl halides is 2. The van der Waals surface area contributed by atoms with Crippen molar-refractivity contribution < 1.29 is 23.0 Å². The number of hydrogen-bond donors (Lipinski definition) is 0. The van der Waals surface area contributed by atoms with E-state index in [1.807, 2.05) is 12.1 Å². The molecule has 9 heteroatoms. The van der Waals surface area contributed by atoms with E-state index in [-0.39, 0.29) is 17.1 Å². The average Bonchev–Trinajstić information content (AvgIpc) is 3.15. The van der Waals surface area contributed by atoms with Crippen LogP contribution in [0.25, 0.3) is 0 Å². The van der Waals surface area contributed by atoms with Crippen molar-refractivity contribution in [3.63, 3.8) is 0 Å². The van der Waals surface area contributed by atoms with Gasteiger partial charge in [-0.05, 0) is 37.0 Å². The minimum absolute atomic E-state index is 0.00351. The Labute approximate surface area is 174 Å². The Morgan fingerprint density at radius 1 is 1.40 bits per heavy atom. The zero-order valence-electron chi connectivity index (χ0n) is 17.0. The normalized spacial score (nSPS) is 24.1. The molecule has 1 amide bonds. The summed E-state index contributed by atoms with van der Waals surface area (Å²) in [5.41, 5.74) is 0.185. The molecule has 2 aromatic rings. The van der Waals surface area contributed by atoms with E-state index in [0.717, 1.165) is 18.4 Å². The molecule has 0 aromatic carbocycles. The van der Waals surface area contributed by atoms with Crippen molar-refractivity contribution in [3.8, 4) is 0 Å². The van der Waals surface area contributed by atoms with Gasteiger partial charge < -0.3 is 14.4 Å². The van der Waals surface area contributed by atoms with Crippen molar-refractivity contribution in [2.45, 2.75) is 38.4 Å². The van der Waals surface area contributed by atoms with Crippen molar-refractivity contribution in [2.75, 3.05) is 26.3 Å². The van der Waals surface area contributed by atoms with E-state index in [0.29, 0.717) is 39.3 Å². The molecule has 2 aliphatic rings. The number of halogens is 2. The van der Waals surface area contributed by atoms with E-state index in [2.05, 4.69) is 10.1 Å². The van der Waals surface area contributed by atoms with Crippen LogP contribution in [0.5, 0.6) is 0 Å². The quantitative estimate of drug-likeness (QED) is 0.719. The summed E-state index contributed by atoms with van der Waals surface area (Å²) in [4.78, 5) is 18.8. The first-order valence-corrected chi connectivity index (χ1v) is 10.2. The van der Waals surface area contributed by atoms with Gasteiger partial charge in [0.15, 0.2) is 0 Å². The zero-order valence-corrected chi connectivity index (χ0v) is 17.0. The monoisotopic (exact) mass is 420 g/mol. The predicted molar refractivity (Wildman–Crippen MR) is 104 cm³/mol. The summed E-state index contributed by atoms with van der Waals surface area (Å²) in [5.74, 6) is -0.407. The van der Waals surface area contributed by atoms with E-state index in [4.69, 9.17) is 9.47 Å². The van der Waals surface area contributed by atoms with Gasteiger partial charge in [0.25, 0.3) is 12.3 Å². The first-order valence-electron chi connectivity index (χ1n) is 10.2. The van der Waals surface area contributed by atoms with Crippen molar-refractivity contribution in [3.05, 3.63) is 47.5 Å². The fourth-order valence-corrected chi connectivity index (χ4v) is 4.53. The van der Waals surface area contributed by atoms with E-state index in [9.17, 15) is 13.6 Å². The molecule has 0 saturated carbocycles. The lowest BCUT2D eigenvalue weighted by Gasteiger charge is -2.50. The number of fused-ring (bicyclic) bond motifs is 1. The molecular weight excluding hydrogens is 394 g/mol. The first-order chi connectivity index (χ1) is 14.5. The van der Waals surface area contributed by atoms with Gasteiger partial charge in [-0.1, -0.05) is 0 Å². The number of carbonyl (C=O) groups is 1. The van der Waals surface area contributed by atoms with Crippen LogP contribution in [0.3, 0.4) is 0 Å². The number of nitrogens with zero attached hydrogens (tertiary/aromatic N) is 4. The molecular formula is C21H26F2N4O3. The van der Waals surface area contributed by atoms with Gasteiger partial charge in [-0.3, -0.25) is 14.5 Å². The second-order valence-corrected chi connectivity index (χ2v) is 8.09. The summed E-state index contributed by atoms with van der Waals surface area (Å²) in [6.07, 6.45) is 4.43. The van der Waals surface area contributed by atoms with Gasteiger partial charge in [0.2, 0.25) is 0 Å². The Morgan fingerprint density at radius 3 is 2.97 bits per heavy atom. The van der Waals surface area contributed by atoms with E-state index in [1.165, 1.54) is 17.9 Å². The molecule has 30 heavy (non-hydrogen) atoms. The van der Waals surface area contributed by atoms with E-state index in [1.54, 1.807) is 17.3 Å². The minimum Gasteiger partial charge on any atom is -0.377 e. The molecule has 162 valence electrons. The van der Waals surface area contributed by atoms with Crippen molar-refractivity contribution >= 4 is 5.91 Å². The van der Waals surface area contributed by atoms with Gasteiger partial charge >= 0.3 is 0 Å². The summed E-state index contributed by atoms with van der Waals surface area (Å²) < 4.78 is 40.0. The summed E-state index contributed by atoms with van der Waals surface area (Å²) in [6, 6.07) is 3.80.